The summed E-state index contributed by atoms with van der Waals surface area (Å²) in [5, 5.41) is 9.85. The molecule has 0 spiro atoms. The summed E-state index contributed by atoms with van der Waals surface area (Å²) in [4.78, 5) is 27.5. The molecule has 2 aromatic carbocycles. The van der Waals surface area contributed by atoms with Gasteiger partial charge in [0.25, 0.3) is 0 Å². The fourth-order valence-electron chi connectivity index (χ4n) is 4.35. The first kappa shape index (κ1) is 20.0. The normalized spacial score (nSPS) is 22.5. The van der Waals surface area contributed by atoms with E-state index in [0.717, 1.165) is 22.4 Å². The molecule has 0 bridgehead atoms. The molecule has 0 aromatic heterocycles. The first-order valence-corrected chi connectivity index (χ1v) is 9.95. The number of hydrogen-bond donors (Lipinski definition) is 1. The average molecular weight is 404 g/mol. The van der Waals surface area contributed by atoms with Crippen molar-refractivity contribution in [2.24, 2.45) is 0 Å². The highest BCUT2D eigenvalue weighted by Gasteiger charge is 2.54. The fourth-order valence-corrected chi connectivity index (χ4v) is 4.35. The van der Waals surface area contributed by atoms with Crippen molar-refractivity contribution in [1.29, 1.82) is 0 Å². The quantitative estimate of drug-likeness (QED) is 0.790. The molecule has 2 saturated heterocycles. The Morgan fingerprint density at radius 1 is 1.10 bits per heavy atom. The maximum absolute atomic E-state index is 12.4. The lowest BCUT2D eigenvalue weighted by atomic mass is 9.73. The molecule has 6 nitrogen and oxygen atoms in total. The molecule has 4 rings (SSSR count). The third kappa shape index (κ3) is 3.64. The van der Waals surface area contributed by atoms with Crippen LogP contribution in [0.3, 0.4) is 0 Å². The zero-order valence-corrected chi connectivity index (χ0v) is 17.0. The molecule has 0 unspecified atom stereocenters. The lowest BCUT2D eigenvalue weighted by Crippen LogP contribution is -2.73. The van der Waals surface area contributed by atoms with Crippen LogP contribution in [0.15, 0.2) is 48.5 Å². The maximum Gasteiger partial charge on any atom is 0.242 e. The van der Waals surface area contributed by atoms with Crippen molar-refractivity contribution in [2.75, 3.05) is 26.8 Å². The first-order chi connectivity index (χ1) is 14.5. The summed E-state index contributed by atoms with van der Waals surface area (Å²) in [6.07, 6.45) is 0. The molecule has 3 atom stereocenters. The number of aliphatic hydroxyl groups is 1. The van der Waals surface area contributed by atoms with Crippen molar-refractivity contribution in [1.82, 2.24) is 9.80 Å². The Hall–Kier alpha value is -3.30. The van der Waals surface area contributed by atoms with Gasteiger partial charge in [0.05, 0.1) is 32.3 Å². The predicted molar refractivity (Wildman–Crippen MR) is 112 cm³/mol. The third-order valence-electron chi connectivity index (χ3n) is 5.93. The smallest absolute Gasteiger partial charge is 0.242 e. The summed E-state index contributed by atoms with van der Waals surface area (Å²) < 4.78 is 5.15. The van der Waals surface area contributed by atoms with Gasteiger partial charge in [-0.25, -0.2) is 0 Å². The number of aliphatic hydroxyl groups excluding tert-OH is 1. The van der Waals surface area contributed by atoms with Gasteiger partial charge in [0.15, 0.2) is 0 Å². The van der Waals surface area contributed by atoms with Gasteiger partial charge in [0.1, 0.15) is 5.75 Å². The van der Waals surface area contributed by atoms with Crippen LogP contribution in [0.2, 0.25) is 0 Å². The van der Waals surface area contributed by atoms with Crippen molar-refractivity contribution < 1.29 is 19.4 Å². The molecule has 1 N–H and O–H groups in total. The zero-order valence-electron chi connectivity index (χ0n) is 17.0. The van der Waals surface area contributed by atoms with E-state index in [0.29, 0.717) is 6.54 Å². The fraction of sp³-hybridized carbons (Fsp3) is 0.333. The number of carbonyl (C=O) groups is 2. The Morgan fingerprint density at radius 3 is 2.23 bits per heavy atom. The number of nitrogens with zero attached hydrogens (tertiary/aromatic N) is 2. The van der Waals surface area contributed by atoms with E-state index >= 15 is 0 Å². The molecule has 2 aliphatic heterocycles. The Balaban J connectivity index is 1.51. The molecule has 2 heterocycles. The largest absolute Gasteiger partial charge is 0.497 e. The number of fused-ring (bicyclic) bond motifs is 1. The standard InChI is InChI=1S/C24H24N2O4/c1-16(28)25-13-21-24(22(15-27)26(21)23(29)14-25)19-9-5-17(6-10-19)3-4-18-7-11-20(30-2)12-8-18/h5-12,21-22,24,27H,13-15H2,1-2H3/t21-,22+,24-/m1/s1. The molecular formula is C24H24N2O4. The number of hydrogen-bond acceptors (Lipinski definition) is 4. The van der Waals surface area contributed by atoms with E-state index in [2.05, 4.69) is 11.8 Å². The molecule has 2 fully saturated rings. The van der Waals surface area contributed by atoms with Crippen LogP contribution in [0.25, 0.3) is 0 Å². The van der Waals surface area contributed by atoms with Gasteiger partial charge in [-0.2, -0.15) is 0 Å². The maximum atomic E-state index is 12.4. The molecule has 154 valence electrons. The highest BCUT2D eigenvalue weighted by atomic mass is 16.5. The summed E-state index contributed by atoms with van der Waals surface area (Å²) >= 11 is 0. The molecule has 2 aromatic rings. The number of methoxy groups -OCH3 is 1. The monoisotopic (exact) mass is 404 g/mol. The zero-order chi connectivity index (χ0) is 21.3. The van der Waals surface area contributed by atoms with E-state index in [-0.39, 0.29) is 43.0 Å². The Morgan fingerprint density at radius 2 is 1.70 bits per heavy atom. The number of rotatable bonds is 3. The number of piperazine rings is 1. The molecule has 0 radical (unpaired) electrons. The predicted octanol–water partition coefficient (Wildman–Crippen LogP) is 1.61. The van der Waals surface area contributed by atoms with E-state index < -0.39 is 0 Å². The topological polar surface area (TPSA) is 70.1 Å². The van der Waals surface area contributed by atoms with Gasteiger partial charge in [0, 0.05) is 30.5 Å². The lowest BCUT2D eigenvalue weighted by Gasteiger charge is -2.58. The van der Waals surface area contributed by atoms with Crippen LogP contribution in [0, 0.1) is 11.8 Å². The second kappa shape index (κ2) is 8.21. The van der Waals surface area contributed by atoms with Gasteiger partial charge >= 0.3 is 0 Å². The van der Waals surface area contributed by atoms with Gasteiger partial charge < -0.3 is 19.6 Å². The lowest BCUT2D eigenvalue weighted by molar-refractivity contribution is -0.166. The minimum absolute atomic E-state index is 0.00435. The van der Waals surface area contributed by atoms with Crippen molar-refractivity contribution in [3.63, 3.8) is 0 Å². The number of benzene rings is 2. The molecule has 2 aliphatic rings. The Kier molecular flexibility index (Phi) is 5.47. The van der Waals surface area contributed by atoms with Gasteiger partial charge in [-0.15, -0.1) is 0 Å². The molecule has 6 heteroatoms. The molecular weight excluding hydrogens is 380 g/mol. The van der Waals surface area contributed by atoms with Crippen LogP contribution < -0.4 is 4.74 Å². The third-order valence-corrected chi connectivity index (χ3v) is 5.93. The SMILES string of the molecule is COc1ccc(C#Cc2ccc([C@@H]3[C@H]4CN(C(C)=O)CC(=O)N4[C@H]3CO)cc2)cc1. The van der Waals surface area contributed by atoms with Crippen molar-refractivity contribution >= 4 is 11.8 Å². The van der Waals surface area contributed by atoms with Crippen molar-refractivity contribution in [2.45, 2.75) is 24.9 Å². The summed E-state index contributed by atoms with van der Waals surface area (Å²) in [6, 6.07) is 15.1. The van der Waals surface area contributed by atoms with E-state index in [1.54, 1.807) is 16.9 Å². The highest BCUT2D eigenvalue weighted by molar-refractivity contribution is 5.87. The van der Waals surface area contributed by atoms with Gasteiger partial charge in [-0.05, 0) is 42.0 Å². The van der Waals surface area contributed by atoms with Crippen LogP contribution in [0.4, 0.5) is 0 Å². The summed E-state index contributed by atoms with van der Waals surface area (Å²) in [7, 11) is 1.63. The summed E-state index contributed by atoms with van der Waals surface area (Å²) in [6.45, 7) is 1.98. The van der Waals surface area contributed by atoms with Crippen LogP contribution in [0.5, 0.6) is 5.75 Å². The van der Waals surface area contributed by atoms with Crippen molar-refractivity contribution in [3.8, 4) is 17.6 Å². The van der Waals surface area contributed by atoms with Crippen LogP contribution in [-0.4, -0.2) is 65.6 Å². The van der Waals surface area contributed by atoms with Gasteiger partial charge in [-0.1, -0.05) is 24.0 Å². The summed E-state index contributed by atoms with van der Waals surface area (Å²) in [5.74, 6) is 6.89. The minimum Gasteiger partial charge on any atom is -0.497 e. The first-order valence-electron chi connectivity index (χ1n) is 9.95. The van der Waals surface area contributed by atoms with Gasteiger partial charge in [-0.3, -0.25) is 9.59 Å². The second-order valence-electron chi connectivity index (χ2n) is 7.64. The van der Waals surface area contributed by atoms with E-state index in [1.807, 2.05) is 48.5 Å². The van der Waals surface area contributed by atoms with Crippen LogP contribution >= 0.6 is 0 Å². The Labute approximate surface area is 176 Å². The minimum atomic E-state index is -0.243. The number of ether oxygens (including phenoxy) is 1. The van der Waals surface area contributed by atoms with Crippen molar-refractivity contribution in [3.05, 3.63) is 65.2 Å². The molecule has 0 aliphatic carbocycles. The number of carbonyl (C=O) groups excluding carboxylic acids is 2. The van der Waals surface area contributed by atoms with E-state index in [4.69, 9.17) is 4.74 Å². The average Bonchev–Trinajstić information content (AvgIpc) is 2.74. The number of amides is 2. The molecule has 30 heavy (non-hydrogen) atoms. The second-order valence-corrected chi connectivity index (χ2v) is 7.64. The van der Waals surface area contributed by atoms with E-state index in [1.165, 1.54) is 6.92 Å². The van der Waals surface area contributed by atoms with Crippen LogP contribution in [-0.2, 0) is 9.59 Å². The molecule has 2 amide bonds. The van der Waals surface area contributed by atoms with Crippen LogP contribution in [0.1, 0.15) is 29.5 Å². The van der Waals surface area contributed by atoms with E-state index in [9.17, 15) is 14.7 Å². The molecule has 0 saturated carbocycles. The van der Waals surface area contributed by atoms with Gasteiger partial charge in [0.2, 0.25) is 11.8 Å². The Bertz CT molecular complexity index is 1000. The summed E-state index contributed by atoms with van der Waals surface area (Å²) in [5.41, 5.74) is 2.83. The highest BCUT2D eigenvalue weighted by Crippen LogP contribution is 2.42.